The molecule has 2 aromatic carbocycles. The summed E-state index contributed by atoms with van der Waals surface area (Å²) in [6.07, 6.45) is -3.58. The molecule has 10 nitrogen and oxygen atoms in total. The number of alkyl halides is 3. The highest BCUT2D eigenvalue weighted by atomic mass is 32.2. The highest BCUT2D eigenvalue weighted by molar-refractivity contribution is 7.99. The van der Waals surface area contributed by atoms with Crippen molar-refractivity contribution in [3.8, 4) is 0 Å². The maximum Gasteiger partial charge on any atom is 0.471 e. The number of nitrogens with zero attached hydrogens (tertiary/aromatic N) is 4. The molecule has 2 amide bonds. The molecule has 0 unspecified atom stereocenters. The van der Waals surface area contributed by atoms with E-state index in [1.54, 1.807) is 30.6 Å². The number of nitrogens with one attached hydrogen (secondary N) is 1. The molecule has 14 heteroatoms. The molecule has 0 bridgehead atoms. The van der Waals surface area contributed by atoms with E-state index in [4.69, 9.17) is 9.47 Å². The Morgan fingerprint density at radius 3 is 2.45 bits per heavy atom. The third kappa shape index (κ3) is 6.94. The summed E-state index contributed by atoms with van der Waals surface area (Å²) in [5, 5.41) is 20.8. The van der Waals surface area contributed by atoms with Crippen LogP contribution in [0.4, 0.5) is 18.9 Å². The van der Waals surface area contributed by atoms with Crippen molar-refractivity contribution >= 4 is 29.3 Å². The number of carbonyl (C=O) groups excluding carboxylic acids is 2. The normalized spacial score (nSPS) is 22.7. The van der Waals surface area contributed by atoms with Crippen molar-refractivity contribution in [2.24, 2.45) is 7.05 Å². The van der Waals surface area contributed by atoms with Crippen LogP contribution in [-0.2, 0) is 32.7 Å². The van der Waals surface area contributed by atoms with Crippen LogP contribution in [0.2, 0.25) is 0 Å². The predicted octanol–water partition coefficient (Wildman–Crippen LogP) is 4.14. The van der Waals surface area contributed by atoms with Gasteiger partial charge in [0, 0.05) is 37.0 Å². The van der Waals surface area contributed by atoms with E-state index < -0.39 is 30.3 Å². The van der Waals surface area contributed by atoms with Gasteiger partial charge in [0.2, 0.25) is 5.91 Å². The number of aliphatic hydroxyl groups excluding tert-OH is 1. The van der Waals surface area contributed by atoms with Crippen molar-refractivity contribution in [1.29, 1.82) is 0 Å². The number of hydrogen-bond acceptors (Lipinski definition) is 8. The Balaban J connectivity index is 1.28. The number of ether oxygens (including phenoxy) is 2. The first kappa shape index (κ1) is 30.0. The summed E-state index contributed by atoms with van der Waals surface area (Å²) in [5.41, 5.74) is 2.79. The van der Waals surface area contributed by atoms with Crippen LogP contribution in [0.1, 0.15) is 48.3 Å². The van der Waals surface area contributed by atoms with Gasteiger partial charge >= 0.3 is 12.1 Å². The van der Waals surface area contributed by atoms with Gasteiger partial charge in [-0.15, -0.1) is 10.2 Å². The zero-order chi connectivity index (χ0) is 29.9. The lowest BCUT2D eigenvalue weighted by Gasteiger charge is -2.36. The molecule has 3 aromatic rings. The molecule has 3 heterocycles. The molecular formula is C28H30F3N5O5S. The molecule has 1 aromatic heterocycles. The smallest absolute Gasteiger partial charge is 0.392 e. The van der Waals surface area contributed by atoms with Crippen LogP contribution in [0.3, 0.4) is 0 Å². The zero-order valence-electron chi connectivity index (χ0n) is 22.7. The van der Waals surface area contributed by atoms with Gasteiger partial charge in [-0.1, -0.05) is 48.2 Å². The van der Waals surface area contributed by atoms with Gasteiger partial charge in [-0.05, 0) is 36.1 Å². The third-order valence-corrected chi connectivity index (χ3v) is 8.36. The average molecular weight is 606 g/mol. The summed E-state index contributed by atoms with van der Waals surface area (Å²) >= 11 is 1.52. The molecule has 2 fully saturated rings. The Hall–Kier alpha value is -3.46. The van der Waals surface area contributed by atoms with Crippen molar-refractivity contribution < 1.29 is 37.3 Å². The van der Waals surface area contributed by atoms with E-state index in [1.165, 1.54) is 11.8 Å². The van der Waals surface area contributed by atoms with Crippen molar-refractivity contribution in [2.45, 2.75) is 61.7 Å². The number of aromatic nitrogens is 3. The van der Waals surface area contributed by atoms with E-state index in [0.717, 1.165) is 16.3 Å². The van der Waals surface area contributed by atoms with Crippen LogP contribution in [0.25, 0.3) is 0 Å². The van der Waals surface area contributed by atoms with Crippen molar-refractivity contribution in [3.05, 3.63) is 71.5 Å². The Bertz CT molecular complexity index is 1390. The highest BCUT2D eigenvalue weighted by Crippen LogP contribution is 2.39. The summed E-state index contributed by atoms with van der Waals surface area (Å²) in [7, 11) is 1.86. The molecule has 4 atom stereocenters. The fourth-order valence-electron chi connectivity index (χ4n) is 4.99. The number of aliphatic hydroxyl groups is 1. The topological polar surface area (TPSA) is 119 Å². The van der Waals surface area contributed by atoms with Crippen molar-refractivity contribution in [2.75, 3.05) is 17.6 Å². The molecule has 5 rings (SSSR count). The first-order valence-corrected chi connectivity index (χ1v) is 14.4. The first-order valence-electron chi connectivity index (χ1n) is 13.4. The van der Waals surface area contributed by atoms with Gasteiger partial charge in [0.15, 0.2) is 11.4 Å². The maximum absolute atomic E-state index is 13.0. The number of anilines is 1. The molecule has 2 aliphatic heterocycles. The minimum atomic E-state index is -5.03. The second-order valence-corrected chi connectivity index (χ2v) is 11.1. The largest absolute Gasteiger partial charge is 0.471 e. The molecule has 0 aliphatic carbocycles. The highest BCUT2D eigenvalue weighted by Gasteiger charge is 2.47. The van der Waals surface area contributed by atoms with Gasteiger partial charge < -0.3 is 29.4 Å². The van der Waals surface area contributed by atoms with Gasteiger partial charge in [0.05, 0.1) is 18.8 Å². The number of amides is 2. The monoisotopic (exact) mass is 605 g/mol. The summed E-state index contributed by atoms with van der Waals surface area (Å²) in [4.78, 5) is 25.1. The predicted molar refractivity (Wildman–Crippen MR) is 146 cm³/mol. The lowest BCUT2D eigenvalue weighted by atomic mass is 10.0. The van der Waals surface area contributed by atoms with Crippen LogP contribution in [0.15, 0.2) is 60.0 Å². The molecule has 42 heavy (non-hydrogen) atoms. The Kier molecular flexibility index (Phi) is 9.16. The summed E-state index contributed by atoms with van der Waals surface area (Å²) in [6, 6.07) is 13.0. The molecule has 224 valence electrons. The van der Waals surface area contributed by atoms with Gasteiger partial charge in [-0.25, -0.2) is 0 Å². The lowest BCUT2D eigenvalue weighted by Crippen LogP contribution is -2.48. The number of hydrogen-bond donors (Lipinski definition) is 2. The number of benzene rings is 2. The number of rotatable bonds is 8. The third-order valence-electron chi connectivity index (χ3n) is 7.19. The molecule has 0 radical (unpaired) electrons. The van der Waals surface area contributed by atoms with Crippen molar-refractivity contribution in [1.82, 2.24) is 19.7 Å². The van der Waals surface area contributed by atoms with Crippen LogP contribution in [-0.4, -0.2) is 67.2 Å². The molecular weight excluding hydrogens is 575 g/mol. The van der Waals surface area contributed by atoms with E-state index >= 15 is 0 Å². The quantitative estimate of drug-likeness (QED) is 0.368. The minimum absolute atomic E-state index is 0.0607. The van der Waals surface area contributed by atoms with E-state index in [0.29, 0.717) is 34.7 Å². The number of thioether (sulfide) groups is 1. The van der Waals surface area contributed by atoms with Gasteiger partial charge in [0.1, 0.15) is 12.4 Å². The zero-order valence-corrected chi connectivity index (χ0v) is 23.5. The van der Waals surface area contributed by atoms with Gasteiger partial charge in [-0.3, -0.25) is 9.59 Å². The number of aryl methyl sites for hydroxylation is 1. The molecule has 2 saturated heterocycles. The summed E-state index contributed by atoms with van der Waals surface area (Å²) in [5.74, 6) is -2.08. The van der Waals surface area contributed by atoms with E-state index in [9.17, 15) is 27.9 Å². The van der Waals surface area contributed by atoms with Crippen LogP contribution in [0.5, 0.6) is 0 Å². The minimum Gasteiger partial charge on any atom is -0.392 e. The van der Waals surface area contributed by atoms with Crippen LogP contribution in [0, 0.1) is 0 Å². The van der Waals surface area contributed by atoms with E-state index in [1.807, 2.05) is 35.9 Å². The van der Waals surface area contributed by atoms with Crippen LogP contribution < -0.4 is 5.32 Å². The lowest BCUT2D eigenvalue weighted by molar-refractivity contribution is -0.245. The first-order chi connectivity index (χ1) is 20.1. The second-order valence-electron chi connectivity index (χ2n) is 10.2. The van der Waals surface area contributed by atoms with Gasteiger partial charge in [-0.2, -0.15) is 13.2 Å². The number of carbonyl (C=O) groups is 2. The molecule has 0 spiro atoms. The number of halogens is 3. The standard InChI is InChI=1S/C28H30F3N5O5S/c1-35-16-32-34-27(35)42-15-21-13-23(18-6-4-17(14-37)5-7-18)41-25(40-21)19-8-10-20(11-9-19)33-24(38)22-3-2-12-36(22)26(39)28(29,30)31/h4-11,16,21-23,25,37H,2-3,12-15H2,1H3,(H,33,38)/t21-,22-,23+,25+/m0/s1. The fraction of sp³-hybridized carbons (Fsp3) is 0.429. The SMILES string of the molecule is Cn1cnnc1SC[C@@H]1C[C@H](c2ccc(CO)cc2)O[C@H](c2ccc(NC(=O)[C@@H]3CCCN3C(=O)C(F)(F)F)cc2)O1. The second kappa shape index (κ2) is 12.8. The summed E-state index contributed by atoms with van der Waals surface area (Å²) in [6.45, 7) is -0.180. The summed E-state index contributed by atoms with van der Waals surface area (Å²) < 4.78 is 53.3. The van der Waals surface area contributed by atoms with Crippen molar-refractivity contribution in [3.63, 3.8) is 0 Å². The van der Waals surface area contributed by atoms with Crippen LogP contribution >= 0.6 is 11.8 Å². The fourth-order valence-corrected chi connectivity index (χ4v) is 5.89. The maximum atomic E-state index is 13.0. The van der Waals surface area contributed by atoms with E-state index in [-0.39, 0.29) is 31.8 Å². The van der Waals surface area contributed by atoms with Gasteiger partial charge in [0.25, 0.3) is 0 Å². The number of likely N-dealkylation sites (tertiary alicyclic amines) is 1. The Labute approximate surface area is 244 Å². The average Bonchev–Trinajstić information content (AvgIpc) is 3.64. The molecule has 2 aliphatic rings. The Morgan fingerprint density at radius 1 is 1.10 bits per heavy atom. The Morgan fingerprint density at radius 2 is 1.81 bits per heavy atom. The molecule has 0 saturated carbocycles. The molecule has 2 N–H and O–H groups in total. The van der Waals surface area contributed by atoms with E-state index in [2.05, 4.69) is 15.5 Å².